The summed E-state index contributed by atoms with van der Waals surface area (Å²) in [5.74, 6) is -0.228. The molecule has 158 valence electrons. The van der Waals surface area contributed by atoms with E-state index in [2.05, 4.69) is 35.2 Å². The number of rotatable bonds is 6. The van der Waals surface area contributed by atoms with Crippen molar-refractivity contribution in [3.63, 3.8) is 0 Å². The number of piperazine rings is 1. The fourth-order valence-electron chi connectivity index (χ4n) is 3.82. The summed E-state index contributed by atoms with van der Waals surface area (Å²) in [5, 5.41) is 3.87. The Labute approximate surface area is 180 Å². The van der Waals surface area contributed by atoms with Crippen molar-refractivity contribution in [2.75, 3.05) is 38.5 Å². The van der Waals surface area contributed by atoms with Crippen LogP contribution >= 0.6 is 11.3 Å². The normalized spacial score (nSPS) is 16.5. The summed E-state index contributed by atoms with van der Waals surface area (Å²) in [6, 6.07) is 12.2. The second-order valence-electron chi connectivity index (χ2n) is 7.58. The van der Waals surface area contributed by atoms with Crippen LogP contribution in [0.3, 0.4) is 0 Å². The summed E-state index contributed by atoms with van der Waals surface area (Å²) in [6.45, 7) is 5.85. The number of aryl methyl sites for hydroxylation is 1. The zero-order valence-electron chi connectivity index (χ0n) is 17.2. The second-order valence-corrected chi connectivity index (χ2v) is 8.71. The average molecular weight is 428 g/mol. The van der Waals surface area contributed by atoms with Gasteiger partial charge in [-0.05, 0) is 49.4 Å². The molecular formula is C23H26FN3O2S. The highest BCUT2D eigenvalue weighted by atomic mass is 32.1. The van der Waals surface area contributed by atoms with Crippen molar-refractivity contribution in [3.8, 4) is 0 Å². The Morgan fingerprint density at radius 3 is 2.57 bits per heavy atom. The molecule has 3 heterocycles. The Balaban J connectivity index is 1.72. The van der Waals surface area contributed by atoms with E-state index in [0.29, 0.717) is 0 Å². The maximum Gasteiger partial charge on any atom is 0.291 e. The number of hydrogen-bond donors (Lipinski definition) is 1. The molecular weight excluding hydrogens is 401 g/mol. The van der Waals surface area contributed by atoms with Gasteiger partial charge in [0.1, 0.15) is 10.8 Å². The van der Waals surface area contributed by atoms with Gasteiger partial charge < -0.3 is 14.6 Å². The topological polar surface area (TPSA) is 48.7 Å². The Hall–Kier alpha value is -2.48. The Kier molecular flexibility index (Phi) is 6.32. The van der Waals surface area contributed by atoms with Crippen molar-refractivity contribution in [1.29, 1.82) is 0 Å². The number of amides is 1. The van der Waals surface area contributed by atoms with Crippen LogP contribution in [0.2, 0.25) is 0 Å². The number of carbonyl (C=O) groups is 1. The van der Waals surface area contributed by atoms with Crippen molar-refractivity contribution in [1.82, 2.24) is 9.80 Å². The highest BCUT2D eigenvalue weighted by molar-refractivity contribution is 7.16. The molecule has 0 spiro atoms. The minimum atomic E-state index is -0.262. The van der Waals surface area contributed by atoms with Gasteiger partial charge in [-0.2, -0.15) is 0 Å². The predicted molar refractivity (Wildman–Crippen MR) is 118 cm³/mol. The molecule has 7 heteroatoms. The number of halogens is 1. The fraction of sp³-hybridized carbons (Fsp3) is 0.348. The van der Waals surface area contributed by atoms with Crippen molar-refractivity contribution < 1.29 is 13.6 Å². The maximum atomic E-state index is 13.6. The number of nitrogens with zero attached hydrogens (tertiary/aromatic N) is 2. The predicted octanol–water partition coefficient (Wildman–Crippen LogP) is 4.63. The molecule has 1 aliphatic rings. The molecule has 1 saturated heterocycles. The smallest absolute Gasteiger partial charge is 0.291 e. The zero-order chi connectivity index (χ0) is 21.1. The lowest BCUT2D eigenvalue weighted by atomic mass is 9.97. The van der Waals surface area contributed by atoms with E-state index in [-0.39, 0.29) is 23.5 Å². The van der Waals surface area contributed by atoms with Gasteiger partial charge in [0.05, 0.1) is 12.3 Å². The first-order valence-electron chi connectivity index (χ1n) is 10.2. The molecule has 1 atom stereocenters. The van der Waals surface area contributed by atoms with Crippen LogP contribution in [0.1, 0.15) is 39.5 Å². The van der Waals surface area contributed by atoms with E-state index in [4.69, 9.17) is 4.42 Å². The van der Waals surface area contributed by atoms with Crippen molar-refractivity contribution in [2.24, 2.45) is 0 Å². The number of hydrogen-bond acceptors (Lipinski definition) is 5. The third-order valence-electron chi connectivity index (χ3n) is 5.52. The Bertz CT molecular complexity index is 977. The van der Waals surface area contributed by atoms with Crippen LogP contribution in [-0.4, -0.2) is 48.9 Å². The maximum absolute atomic E-state index is 13.6. The van der Waals surface area contributed by atoms with Crippen LogP contribution in [0.25, 0.3) is 0 Å². The van der Waals surface area contributed by atoms with E-state index in [1.807, 2.05) is 12.1 Å². The van der Waals surface area contributed by atoms with Crippen LogP contribution < -0.4 is 5.32 Å². The van der Waals surface area contributed by atoms with E-state index in [1.54, 1.807) is 23.5 Å². The van der Waals surface area contributed by atoms with Crippen molar-refractivity contribution >= 4 is 22.2 Å². The number of furan rings is 1. The van der Waals surface area contributed by atoms with Gasteiger partial charge in [0.25, 0.3) is 5.91 Å². The molecule has 4 rings (SSSR count). The number of thiophene rings is 1. The molecule has 1 fully saturated rings. The van der Waals surface area contributed by atoms with Crippen LogP contribution in [0, 0.1) is 5.82 Å². The van der Waals surface area contributed by atoms with E-state index in [1.165, 1.54) is 23.3 Å². The third kappa shape index (κ3) is 4.48. The number of likely N-dealkylation sites (N-methyl/N-ethyl adjacent to an activating group) is 1. The van der Waals surface area contributed by atoms with Crippen LogP contribution in [0.5, 0.6) is 0 Å². The molecule has 2 aromatic heterocycles. The van der Waals surface area contributed by atoms with Gasteiger partial charge >= 0.3 is 0 Å². The Morgan fingerprint density at radius 2 is 1.93 bits per heavy atom. The molecule has 0 saturated carbocycles. The number of nitrogens with one attached hydrogen (secondary N) is 1. The SMILES string of the molecule is CCc1cc([C@H](c2ccc(F)cc2)N2CCN(C)CC2)c(NC(=O)c2ccco2)s1. The number of carbonyl (C=O) groups excluding carboxylic acids is 1. The summed E-state index contributed by atoms with van der Waals surface area (Å²) in [4.78, 5) is 18.6. The molecule has 1 amide bonds. The number of benzene rings is 1. The molecule has 30 heavy (non-hydrogen) atoms. The lowest BCUT2D eigenvalue weighted by Gasteiger charge is -2.38. The molecule has 0 bridgehead atoms. The molecule has 1 N–H and O–H groups in total. The van der Waals surface area contributed by atoms with Crippen LogP contribution in [0.4, 0.5) is 9.39 Å². The largest absolute Gasteiger partial charge is 0.459 e. The average Bonchev–Trinajstić information content (AvgIpc) is 3.42. The van der Waals surface area contributed by atoms with Gasteiger partial charge in [-0.25, -0.2) is 4.39 Å². The van der Waals surface area contributed by atoms with Crippen molar-refractivity contribution in [2.45, 2.75) is 19.4 Å². The molecule has 0 aliphatic carbocycles. The van der Waals surface area contributed by atoms with Crippen LogP contribution in [-0.2, 0) is 6.42 Å². The fourth-order valence-corrected chi connectivity index (χ4v) is 4.84. The molecule has 1 aromatic carbocycles. The van der Waals surface area contributed by atoms with Gasteiger partial charge in [-0.1, -0.05) is 19.1 Å². The summed E-state index contributed by atoms with van der Waals surface area (Å²) in [7, 11) is 2.12. The third-order valence-corrected chi connectivity index (χ3v) is 6.73. The summed E-state index contributed by atoms with van der Waals surface area (Å²) in [5.41, 5.74) is 2.07. The first-order valence-corrected chi connectivity index (χ1v) is 11.0. The quantitative estimate of drug-likeness (QED) is 0.623. The van der Waals surface area contributed by atoms with Gasteiger partial charge in [-0.3, -0.25) is 9.69 Å². The van der Waals surface area contributed by atoms with Crippen LogP contribution in [0.15, 0.2) is 53.1 Å². The summed E-state index contributed by atoms with van der Waals surface area (Å²) >= 11 is 1.59. The molecule has 0 radical (unpaired) electrons. The lowest BCUT2D eigenvalue weighted by molar-refractivity contribution is 0.0996. The lowest BCUT2D eigenvalue weighted by Crippen LogP contribution is -2.46. The highest BCUT2D eigenvalue weighted by Crippen LogP contribution is 2.40. The van der Waals surface area contributed by atoms with Gasteiger partial charge in [0.2, 0.25) is 0 Å². The van der Waals surface area contributed by atoms with E-state index >= 15 is 0 Å². The Morgan fingerprint density at radius 1 is 1.20 bits per heavy atom. The first kappa shape index (κ1) is 20.8. The number of anilines is 1. The summed E-state index contributed by atoms with van der Waals surface area (Å²) < 4.78 is 18.9. The zero-order valence-corrected chi connectivity index (χ0v) is 18.0. The van der Waals surface area contributed by atoms with E-state index < -0.39 is 0 Å². The van der Waals surface area contributed by atoms with Gasteiger partial charge in [0.15, 0.2) is 5.76 Å². The minimum Gasteiger partial charge on any atom is -0.459 e. The van der Waals surface area contributed by atoms with E-state index in [0.717, 1.165) is 48.7 Å². The first-order chi connectivity index (χ1) is 14.5. The standard InChI is InChI=1S/C23H26FN3O2S/c1-3-18-15-19(23(30-18)25-22(28)20-5-4-14-29-20)21(16-6-8-17(24)9-7-16)27-12-10-26(2)11-13-27/h4-9,14-15,21H,3,10-13H2,1-2H3,(H,25,28)/t21-/m0/s1. The van der Waals surface area contributed by atoms with Gasteiger partial charge in [-0.15, -0.1) is 11.3 Å². The van der Waals surface area contributed by atoms with Gasteiger partial charge in [0, 0.05) is 36.6 Å². The van der Waals surface area contributed by atoms with Crippen molar-refractivity contribution in [3.05, 3.63) is 76.3 Å². The molecule has 5 nitrogen and oxygen atoms in total. The summed E-state index contributed by atoms with van der Waals surface area (Å²) in [6.07, 6.45) is 2.38. The monoisotopic (exact) mass is 427 g/mol. The minimum absolute atomic E-state index is 0.0530. The molecule has 0 unspecified atom stereocenters. The molecule has 3 aromatic rings. The molecule has 1 aliphatic heterocycles. The second kappa shape index (κ2) is 9.12. The van der Waals surface area contributed by atoms with E-state index in [9.17, 15) is 9.18 Å². The highest BCUT2D eigenvalue weighted by Gasteiger charge is 2.29.